The van der Waals surface area contributed by atoms with Crippen LogP contribution in [0.2, 0.25) is 0 Å². The van der Waals surface area contributed by atoms with Crippen molar-refractivity contribution in [2.75, 3.05) is 13.2 Å². The molecule has 0 bridgehead atoms. The van der Waals surface area contributed by atoms with Crippen LogP contribution in [-0.4, -0.2) is 35.1 Å². The fourth-order valence-electron chi connectivity index (χ4n) is 1.79. The van der Waals surface area contributed by atoms with Gasteiger partial charge in [-0.1, -0.05) is 12.2 Å². The van der Waals surface area contributed by atoms with Gasteiger partial charge in [0.1, 0.15) is 10.7 Å². The fraction of sp³-hybridized carbons (Fsp3) is 0.417. The average Bonchev–Trinajstić information content (AvgIpc) is 2.40. The fourth-order valence-corrected chi connectivity index (χ4v) is 1.91. The Morgan fingerprint density at radius 1 is 1.56 bits per heavy atom. The van der Waals surface area contributed by atoms with Crippen LogP contribution >= 0.6 is 12.2 Å². The lowest BCUT2D eigenvalue weighted by Crippen LogP contribution is -2.40. The van der Waals surface area contributed by atoms with Gasteiger partial charge in [0.25, 0.3) is 5.91 Å². The van der Waals surface area contributed by atoms with Crippen molar-refractivity contribution >= 4 is 23.1 Å². The molecule has 1 aliphatic heterocycles. The number of hydrogen-bond acceptors (Lipinski definition) is 4. The molecule has 2 rings (SSSR count). The van der Waals surface area contributed by atoms with E-state index in [1.54, 1.807) is 12.1 Å². The zero-order chi connectivity index (χ0) is 13.0. The molecule has 0 saturated carbocycles. The Morgan fingerprint density at radius 2 is 2.39 bits per heavy atom. The van der Waals surface area contributed by atoms with Crippen molar-refractivity contribution < 1.29 is 9.53 Å². The van der Waals surface area contributed by atoms with E-state index in [9.17, 15) is 4.79 Å². The molecule has 2 heterocycles. The number of carbonyl (C=O) groups excluding carboxylic acids is 1. The number of aromatic nitrogens is 1. The smallest absolute Gasteiger partial charge is 0.270 e. The van der Waals surface area contributed by atoms with Crippen LogP contribution in [0.4, 0.5) is 0 Å². The highest BCUT2D eigenvalue weighted by molar-refractivity contribution is 7.80. The molecule has 18 heavy (non-hydrogen) atoms. The summed E-state index contributed by atoms with van der Waals surface area (Å²) in [4.78, 5) is 16.2. The number of nitrogens with zero attached hydrogens (tertiary/aromatic N) is 1. The van der Waals surface area contributed by atoms with Crippen molar-refractivity contribution in [3.8, 4) is 0 Å². The van der Waals surface area contributed by atoms with E-state index in [1.165, 1.54) is 6.20 Å². The Hall–Kier alpha value is -1.53. The van der Waals surface area contributed by atoms with Crippen LogP contribution in [0.25, 0.3) is 0 Å². The van der Waals surface area contributed by atoms with Gasteiger partial charge in [-0.05, 0) is 25.0 Å². The van der Waals surface area contributed by atoms with Crippen LogP contribution in [0.15, 0.2) is 18.3 Å². The number of hydrogen-bond donors (Lipinski definition) is 2. The third kappa shape index (κ3) is 3.24. The Morgan fingerprint density at radius 3 is 2.94 bits per heavy atom. The predicted molar refractivity (Wildman–Crippen MR) is 71.4 cm³/mol. The van der Waals surface area contributed by atoms with Crippen molar-refractivity contribution in [2.45, 2.75) is 18.9 Å². The second kappa shape index (κ2) is 5.88. The maximum atomic E-state index is 11.9. The quantitative estimate of drug-likeness (QED) is 0.784. The SMILES string of the molecule is NC(=S)c1ccc(C(=O)NC2CCCOC2)nc1. The van der Waals surface area contributed by atoms with Crippen LogP contribution in [0.1, 0.15) is 28.9 Å². The monoisotopic (exact) mass is 265 g/mol. The van der Waals surface area contributed by atoms with Crippen molar-refractivity contribution in [2.24, 2.45) is 5.73 Å². The molecule has 1 atom stereocenters. The van der Waals surface area contributed by atoms with Crippen LogP contribution in [0.5, 0.6) is 0 Å². The first-order valence-electron chi connectivity index (χ1n) is 5.81. The molecule has 1 aromatic rings. The predicted octanol–water partition coefficient (Wildman–Crippen LogP) is 0.625. The molecule has 0 aromatic carbocycles. The number of pyridine rings is 1. The molecular weight excluding hydrogens is 250 g/mol. The zero-order valence-corrected chi connectivity index (χ0v) is 10.7. The molecule has 1 unspecified atom stereocenters. The summed E-state index contributed by atoms with van der Waals surface area (Å²) in [6.45, 7) is 1.34. The van der Waals surface area contributed by atoms with Gasteiger partial charge in [-0.15, -0.1) is 0 Å². The van der Waals surface area contributed by atoms with E-state index in [-0.39, 0.29) is 16.9 Å². The Bertz CT molecular complexity index is 441. The molecule has 0 radical (unpaired) electrons. The molecule has 1 aliphatic rings. The van der Waals surface area contributed by atoms with Crippen LogP contribution in [0, 0.1) is 0 Å². The van der Waals surface area contributed by atoms with Gasteiger partial charge >= 0.3 is 0 Å². The number of nitrogens with two attached hydrogens (primary N) is 1. The maximum Gasteiger partial charge on any atom is 0.270 e. The van der Waals surface area contributed by atoms with Gasteiger partial charge in [0.05, 0.1) is 12.6 Å². The van der Waals surface area contributed by atoms with Crippen LogP contribution in [-0.2, 0) is 4.74 Å². The summed E-state index contributed by atoms with van der Waals surface area (Å²) in [7, 11) is 0. The number of amides is 1. The van der Waals surface area contributed by atoms with E-state index in [4.69, 9.17) is 22.7 Å². The first-order valence-corrected chi connectivity index (χ1v) is 6.22. The summed E-state index contributed by atoms with van der Waals surface area (Å²) in [6.07, 6.45) is 3.42. The normalized spacial score (nSPS) is 19.2. The van der Waals surface area contributed by atoms with Gasteiger partial charge in [0.15, 0.2) is 0 Å². The third-order valence-corrected chi connectivity index (χ3v) is 3.01. The Balaban J connectivity index is 1.97. The number of thiocarbonyl (C=S) groups is 1. The first kappa shape index (κ1) is 12.9. The molecule has 1 aromatic heterocycles. The summed E-state index contributed by atoms with van der Waals surface area (Å²) < 4.78 is 5.30. The van der Waals surface area contributed by atoms with Gasteiger partial charge in [0.2, 0.25) is 0 Å². The molecule has 96 valence electrons. The van der Waals surface area contributed by atoms with Gasteiger partial charge in [-0.25, -0.2) is 0 Å². The van der Waals surface area contributed by atoms with E-state index in [0.717, 1.165) is 19.4 Å². The molecule has 1 amide bonds. The number of rotatable bonds is 3. The lowest BCUT2D eigenvalue weighted by molar-refractivity contribution is 0.0622. The summed E-state index contributed by atoms with van der Waals surface area (Å²) in [5, 5.41) is 2.89. The van der Waals surface area contributed by atoms with Gasteiger partial charge in [-0.3, -0.25) is 9.78 Å². The third-order valence-electron chi connectivity index (χ3n) is 2.78. The van der Waals surface area contributed by atoms with Gasteiger partial charge < -0.3 is 15.8 Å². The summed E-state index contributed by atoms with van der Waals surface area (Å²) >= 11 is 4.82. The average molecular weight is 265 g/mol. The van der Waals surface area contributed by atoms with Crippen molar-refractivity contribution in [1.29, 1.82) is 0 Å². The molecule has 6 heteroatoms. The minimum atomic E-state index is -0.194. The van der Waals surface area contributed by atoms with E-state index in [0.29, 0.717) is 17.9 Å². The second-order valence-corrected chi connectivity index (χ2v) is 4.62. The minimum Gasteiger partial charge on any atom is -0.389 e. The number of carbonyl (C=O) groups is 1. The summed E-state index contributed by atoms with van der Waals surface area (Å²) in [5.41, 5.74) is 6.48. The van der Waals surface area contributed by atoms with E-state index in [1.807, 2.05) is 0 Å². The van der Waals surface area contributed by atoms with Crippen LogP contribution in [0.3, 0.4) is 0 Å². The molecule has 1 fully saturated rings. The van der Waals surface area contributed by atoms with Crippen LogP contribution < -0.4 is 11.1 Å². The highest BCUT2D eigenvalue weighted by Crippen LogP contribution is 2.07. The van der Waals surface area contributed by atoms with Gasteiger partial charge in [-0.2, -0.15) is 0 Å². The van der Waals surface area contributed by atoms with Crippen molar-refractivity contribution in [3.63, 3.8) is 0 Å². The molecule has 3 N–H and O–H groups in total. The molecular formula is C12H15N3O2S. The highest BCUT2D eigenvalue weighted by Gasteiger charge is 2.17. The van der Waals surface area contributed by atoms with E-state index < -0.39 is 0 Å². The Kier molecular flexibility index (Phi) is 4.22. The lowest BCUT2D eigenvalue weighted by atomic mass is 10.1. The summed E-state index contributed by atoms with van der Waals surface area (Å²) in [5.74, 6) is -0.194. The number of nitrogens with one attached hydrogen (secondary N) is 1. The van der Waals surface area contributed by atoms with E-state index >= 15 is 0 Å². The largest absolute Gasteiger partial charge is 0.389 e. The zero-order valence-electron chi connectivity index (χ0n) is 9.89. The summed E-state index contributed by atoms with van der Waals surface area (Å²) in [6, 6.07) is 3.39. The molecule has 0 spiro atoms. The van der Waals surface area contributed by atoms with E-state index in [2.05, 4.69) is 10.3 Å². The van der Waals surface area contributed by atoms with Crippen molar-refractivity contribution in [3.05, 3.63) is 29.6 Å². The number of ether oxygens (including phenoxy) is 1. The second-order valence-electron chi connectivity index (χ2n) is 4.18. The topological polar surface area (TPSA) is 77.2 Å². The first-order chi connectivity index (χ1) is 8.66. The molecule has 0 aliphatic carbocycles. The van der Waals surface area contributed by atoms with Gasteiger partial charge in [0, 0.05) is 18.4 Å². The minimum absolute atomic E-state index is 0.0725. The maximum absolute atomic E-state index is 11.9. The van der Waals surface area contributed by atoms with Crippen molar-refractivity contribution in [1.82, 2.24) is 10.3 Å². The lowest BCUT2D eigenvalue weighted by Gasteiger charge is -2.22. The standard InChI is InChI=1S/C12H15N3O2S/c13-11(18)8-3-4-10(14-6-8)12(16)15-9-2-1-5-17-7-9/h3-4,6,9H,1-2,5,7H2,(H2,13,18)(H,15,16). The highest BCUT2D eigenvalue weighted by atomic mass is 32.1. The Labute approximate surface area is 111 Å². The molecule has 1 saturated heterocycles. The molecule has 5 nitrogen and oxygen atoms in total.